The maximum absolute atomic E-state index is 11.7. The van der Waals surface area contributed by atoms with E-state index < -0.39 is 35.2 Å². The van der Waals surface area contributed by atoms with Crippen LogP contribution in [0.5, 0.6) is 0 Å². The molecule has 0 aromatic rings. The molecule has 0 spiro atoms. The number of hydrogen-bond donors (Lipinski definition) is 2. The molecule has 2 atom stereocenters. The lowest BCUT2D eigenvalue weighted by Gasteiger charge is -2.08. The summed E-state index contributed by atoms with van der Waals surface area (Å²) in [7, 11) is -1.51. The molecule has 4 nitrogen and oxygen atoms in total. The molecule has 15 heavy (non-hydrogen) atoms. The van der Waals surface area contributed by atoms with Crippen LogP contribution in [0, 0.1) is 0 Å². The van der Waals surface area contributed by atoms with Gasteiger partial charge in [0.05, 0.1) is 0 Å². The van der Waals surface area contributed by atoms with Crippen LogP contribution in [-0.4, -0.2) is 40.4 Å². The summed E-state index contributed by atoms with van der Waals surface area (Å²) in [6, 6.07) is -0.346. The Labute approximate surface area is 87.9 Å². The molecule has 0 bridgehead atoms. The Kier molecular flexibility index (Phi) is 5.81. The van der Waals surface area contributed by atoms with Gasteiger partial charge in [0, 0.05) is 22.6 Å². The second kappa shape index (κ2) is 6.06. The van der Waals surface area contributed by atoms with E-state index in [9.17, 15) is 22.2 Å². The molecule has 0 aliphatic carbocycles. The number of alkyl halides is 3. The highest BCUT2D eigenvalue weighted by molar-refractivity contribution is 7.85. The van der Waals surface area contributed by atoms with Crippen molar-refractivity contribution in [2.75, 3.05) is 18.1 Å². The third kappa shape index (κ3) is 9.67. The highest BCUT2D eigenvalue weighted by atomic mass is 32.2. The molecule has 0 radical (unpaired) electrons. The molecule has 0 saturated heterocycles. The lowest BCUT2D eigenvalue weighted by molar-refractivity contribution is -0.136. The molecule has 1 amide bonds. The van der Waals surface area contributed by atoms with E-state index in [4.69, 9.17) is 5.73 Å². The van der Waals surface area contributed by atoms with Crippen LogP contribution in [-0.2, 0) is 15.6 Å². The van der Waals surface area contributed by atoms with E-state index >= 15 is 0 Å². The highest BCUT2D eigenvalue weighted by Gasteiger charge is 2.27. The number of carbonyl (C=O) groups is 1. The fourth-order valence-corrected chi connectivity index (χ4v) is 1.85. The molecular formula is C7H13F3N2O2S. The molecule has 0 rings (SSSR count). The van der Waals surface area contributed by atoms with Crippen molar-refractivity contribution in [3.63, 3.8) is 0 Å². The number of rotatable bonds is 5. The lowest BCUT2D eigenvalue weighted by atomic mass is 10.4. The summed E-state index contributed by atoms with van der Waals surface area (Å²) >= 11 is 0. The van der Waals surface area contributed by atoms with Crippen molar-refractivity contribution in [2.45, 2.75) is 19.1 Å². The van der Waals surface area contributed by atoms with E-state index in [0.717, 1.165) is 0 Å². The quantitative estimate of drug-likeness (QED) is 0.703. The van der Waals surface area contributed by atoms with Gasteiger partial charge in [-0.05, 0) is 6.92 Å². The first kappa shape index (κ1) is 14.4. The van der Waals surface area contributed by atoms with E-state index in [-0.39, 0.29) is 11.8 Å². The smallest absolute Gasteiger partial charge is 0.346 e. The topological polar surface area (TPSA) is 72.2 Å². The van der Waals surface area contributed by atoms with Gasteiger partial charge >= 0.3 is 6.18 Å². The van der Waals surface area contributed by atoms with Crippen LogP contribution in [0.1, 0.15) is 6.92 Å². The Bertz CT molecular complexity index is 243. The first-order valence-corrected chi connectivity index (χ1v) is 5.63. The molecule has 3 N–H and O–H groups in total. The van der Waals surface area contributed by atoms with Crippen molar-refractivity contribution in [3.05, 3.63) is 0 Å². The van der Waals surface area contributed by atoms with E-state index in [1.54, 1.807) is 12.2 Å². The molecule has 0 saturated carbocycles. The van der Waals surface area contributed by atoms with Gasteiger partial charge in [0.15, 0.2) is 0 Å². The minimum atomic E-state index is -4.45. The van der Waals surface area contributed by atoms with Gasteiger partial charge in [-0.25, -0.2) is 0 Å². The van der Waals surface area contributed by atoms with Crippen molar-refractivity contribution >= 4 is 16.7 Å². The second-order valence-corrected chi connectivity index (χ2v) is 4.62. The van der Waals surface area contributed by atoms with Crippen molar-refractivity contribution in [1.82, 2.24) is 5.32 Å². The van der Waals surface area contributed by atoms with Gasteiger partial charge in [0.1, 0.15) is 12.3 Å². The summed E-state index contributed by atoms with van der Waals surface area (Å²) in [5, 5.41) is 1.63. The number of amides is 1. The molecule has 0 heterocycles. The van der Waals surface area contributed by atoms with E-state index in [1.807, 2.05) is 0 Å². The third-order valence-electron chi connectivity index (χ3n) is 1.23. The summed E-state index contributed by atoms with van der Waals surface area (Å²) in [6.45, 7) is 0.201. The molecule has 90 valence electrons. The first-order valence-electron chi connectivity index (χ1n) is 4.14. The molecule has 2 unspecified atom stereocenters. The Morgan fingerprint density at radius 1 is 1.53 bits per heavy atom. The Morgan fingerprint density at radius 2 is 2.07 bits per heavy atom. The fraction of sp³-hybridized carbons (Fsp3) is 0.857. The monoisotopic (exact) mass is 246 g/mol. The van der Waals surface area contributed by atoms with Crippen molar-refractivity contribution in [3.8, 4) is 0 Å². The molecule has 0 aromatic heterocycles. The summed E-state index contributed by atoms with van der Waals surface area (Å²) in [5.74, 6) is -1.23. The normalized spacial score (nSPS) is 15.8. The molecule has 0 aliphatic rings. The van der Waals surface area contributed by atoms with Crippen molar-refractivity contribution < 1.29 is 22.2 Å². The minimum absolute atomic E-state index is 0.0967. The van der Waals surface area contributed by atoms with Crippen LogP contribution in [0.4, 0.5) is 13.2 Å². The van der Waals surface area contributed by atoms with E-state index in [2.05, 4.69) is 0 Å². The molecule has 0 aromatic carbocycles. The average Bonchev–Trinajstić information content (AvgIpc) is 1.97. The summed E-state index contributed by atoms with van der Waals surface area (Å²) < 4.78 is 46.0. The number of nitrogens with one attached hydrogen (secondary N) is 1. The summed E-state index contributed by atoms with van der Waals surface area (Å²) in [5.41, 5.74) is 5.31. The van der Waals surface area contributed by atoms with Gasteiger partial charge in [-0.2, -0.15) is 13.2 Å². The maximum Gasteiger partial charge on any atom is 0.405 e. The van der Waals surface area contributed by atoms with Crippen LogP contribution < -0.4 is 11.1 Å². The van der Waals surface area contributed by atoms with Gasteiger partial charge in [-0.15, -0.1) is 0 Å². The Balaban J connectivity index is 3.80. The second-order valence-electron chi connectivity index (χ2n) is 3.12. The van der Waals surface area contributed by atoms with Crippen LogP contribution >= 0.6 is 0 Å². The highest BCUT2D eigenvalue weighted by Crippen LogP contribution is 2.11. The van der Waals surface area contributed by atoms with Gasteiger partial charge in [-0.1, -0.05) is 0 Å². The number of hydrogen-bond acceptors (Lipinski definition) is 3. The SMILES string of the molecule is CC(N)CS(=O)CC(=O)NCC(F)(F)F. The van der Waals surface area contributed by atoms with Crippen LogP contribution in [0.15, 0.2) is 0 Å². The molecule has 0 aliphatic heterocycles. The van der Waals surface area contributed by atoms with Crippen LogP contribution in [0.3, 0.4) is 0 Å². The van der Waals surface area contributed by atoms with E-state index in [0.29, 0.717) is 0 Å². The van der Waals surface area contributed by atoms with Crippen LogP contribution in [0.2, 0.25) is 0 Å². The Hall–Kier alpha value is -0.630. The molecular weight excluding hydrogens is 233 g/mol. The number of carbonyl (C=O) groups excluding carboxylic acids is 1. The zero-order chi connectivity index (χ0) is 12.1. The fourth-order valence-electron chi connectivity index (χ4n) is 0.748. The molecule has 8 heteroatoms. The predicted octanol–water partition coefficient (Wildman–Crippen LogP) is -0.239. The zero-order valence-corrected chi connectivity index (χ0v) is 8.95. The predicted molar refractivity (Wildman–Crippen MR) is 50.6 cm³/mol. The lowest BCUT2D eigenvalue weighted by Crippen LogP contribution is -2.37. The minimum Gasteiger partial charge on any atom is -0.346 e. The summed E-state index contributed by atoms with van der Waals surface area (Å²) in [4.78, 5) is 10.8. The van der Waals surface area contributed by atoms with E-state index in [1.165, 1.54) is 0 Å². The third-order valence-corrected chi connectivity index (χ3v) is 2.71. The average molecular weight is 246 g/mol. The van der Waals surface area contributed by atoms with Crippen molar-refractivity contribution in [1.29, 1.82) is 0 Å². The summed E-state index contributed by atoms with van der Waals surface area (Å²) in [6.07, 6.45) is -4.45. The van der Waals surface area contributed by atoms with Crippen LogP contribution in [0.25, 0.3) is 0 Å². The number of nitrogens with two attached hydrogens (primary N) is 1. The van der Waals surface area contributed by atoms with Gasteiger partial charge < -0.3 is 11.1 Å². The standard InChI is InChI=1S/C7H13F3N2O2S/c1-5(11)2-15(14)3-6(13)12-4-7(8,9)10/h5H,2-4,11H2,1H3,(H,12,13). The molecule has 0 fully saturated rings. The Morgan fingerprint density at radius 3 is 2.47 bits per heavy atom. The number of halogens is 3. The zero-order valence-electron chi connectivity index (χ0n) is 8.13. The van der Waals surface area contributed by atoms with Gasteiger partial charge in [-0.3, -0.25) is 9.00 Å². The maximum atomic E-state index is 11.7. The van der Waals surface area contributed by atoms with Crippen molar-refractivity contribution in [2.24, 2.45) is 5.73 Å². The largest absolute Gasteiger partial charge is 0.405 e. The van der Waals surface area contributed by atoms with Gasteiger partial charge in [0.2, 0.25) is 5.91 Å². The first-order chi connectivity index (χ1) is 6.70. The van der Waals surface area contributed by atoms with Gasteiger partial charge in [0.25, 0.3) is 0 Å².